The number of hydrogen-bond acceptors (Lipinski definition) is 6. The van der Waals surface area contributed by atoms with E-state index in [1.54, 1.807) is 11.8 Å². The van der Waals surface area contributed by atoms with Gasteiger partial charge in [0.2, 0.25) is 11.1 Å². The number of hydrogen-bond donors (Lipinski definition) is 2. The van der Waals surface area contributed by atoms with Crippen molar-refractivity contribution < 1.29 is 0 Å². The number of nitrogens with two attached hydrogens (primary N) is 1. The Kier molecular flexibility index (Phi) is 3.44. The Morgan fingerprint density at radius 1 is 1.73 bits per heavy atom. The molecule has 11 heavy (non-hydrogen) atoms. The van der Waals surface area contributed by atoms with Crippen LogP contribution < -0.4 is 11.1 Å². The van der Waals surface area contributed by atoms with E-state index in [1.165, 1.54) is 11.5 Å². The predicted molar refractivity (Wildman–Crippen MR) is 51.2 cm³/mol. The third kappa shape index (κ3) is 2.94. The molecule has 0 bridgehead atoms. The first-order valence-electron chi connectivity index (χ1n) is 3.15. The fourth-order valence-corrected chi connectivity index (χ4v) is 1.39. The van der Waals surface area contributed by atoms with Gasteiger partial charge in [-0.15, -0.1) is 0 Å². The Bertz CT molecular complexity index is 212. The molecule has 0 aliphatic carbocycles. The molecule has 1 rings (SSSR count). The summed E-state index contributed by atoms with van der Waals surface area (Å²) in [7, 11) is 0. The SMILES string of the molecule is CSCCNc1nc(N)ns1. The van der Waals surface area contributed by atoms with Crippen LogP contribution in [0.25, 0.3) is 0 Å². The molecular weight excluding hydrogens is 180 g/mol. The Labute approximate surface area is 73.8 Å². The monoisotopic (exact) mass is 190 g/mol. The minimum absolute atomic E-state index is 0.349. The summed E-state index contributed by atoms with van der Waals surface area (Å²) in [5, 5.41) is 3.91. The van der Waals surface area contributed by atoms with Crippen LogP contribution in [-0.2, 0) is 0 Å². The first kappa shape index (κ1) is 8.61. The van der Waals surface area contributed by atoms with Gasteiger partial charge in [-0.05, 0) is 6.26 Å². The lowest BCUT2D eigenvalue weighted by atomic mass is 10.7. The Hall–Kier alpha value is -0.490. The Morgan fingerprint density at radius 3 is 3.09 bits per heavy atom. The van der Waals surface area contributed by atoms with Gasteiger partial charge < -0.3 is 11.1 Å². The number of anilines is 2. The van der Waals surface area contributed by atoms with E-state index in [1.807, 2.05) is 0 Å². The molecule has 1 aromatic rings. The van der Waals surface area contributed by atoms with Crippen molar-refractivity contribution in [3.8, 4) is 0 Å². The Morgan fingerprint density at radius 2 is 2.55 bits per heavy atom. The predicted octanol–water partition coefficient (Wildman–Crippen LogP) is 0.895. The molecule has 0 fully saturated rings. The quantitative estimate of drug-likeness (QED) is 0.690. The van der Waals surface area contributed by atoms with Gasteiger partial charge in [-0.25, -0.2) is 0 Å². The van der Waals surface area contributed by atoms with Gasteiger partial charge in [-0.1, -0.05) is 0 Å². The van der Waals surface area contributed by atoms with Crippen molar-refractivity contribution in [1.82, 2.24) is 9.36 Å². The fourth-order valence-electron chi connectivity index (χ4n) is 0.567. The lowest BCUT2D eigenvalue weighted by Gasteiger charge is -1.97. The van der Waals surface area contributed by atoms with E-state index in [4.69, 9.17) is 5.73 Å². The van der Waals surface area contributed by atoms with E-state index in [9.17, 15) is 0 Å². The molecule has 1 aromatic heterocycles. The number of aromatic nitrogens is 2. The third-order valence-electron chi connectivity index (χ3n) is 1.02. The standard InChI is InChI=1S/C5H10N4S2/c1-10-3-2-7-5-8-4(6)9-11-5/h2-3H2,1H3,(H3,6,7,8,9). The average Bonchev–Trinajstić information content (AvgIpc) is 2.37. The van der Waals surface area contributed by atoms with Crippen molar-refractivity contribution in [1.29, 1.82) is 0 Å². The van der Waals surface area contributed by atoms with Crippen molar-refractivity contribution in [2.45, 2.75) is 0 Å². The minimum atomic E-state index is 0.349. The van der Waals surface area contributed by atoms with Crippen LogP contribution in [0, 0.1) is 0 Å². The maximum Gasteiger partial charge on any atom is 0.233 e. The van der Waals surface area contributed by atoms with Crippen molar-refractivity contribution in [2.75, 3.05) is 29.6 Å². The molecule has 1 heterocycles. The number of nitrogens with zero attached hydrogens (tertiary/aromatic N) is 2. The zero-order valence-corrected chi connectivity index (χ0v) is 7.84. The summed E-state index contributed by atoms with van der Waals surface area (Å²) in [4.78, 5) is 3.95. The lowest BCUT2D eigenvalue weighted by Crippen LogP contribution is -2.03. The third-order valence-corrected chi connectivity index (χ3v) is 2.32. The normalized spacial score (nSPS) is 9.91. The second kappa shape index (κ2) is 4.40. The van der Waals surface area contributed by atoms with E-state index in [2.05, 4.69) is 20.9 Å². The summed E-state index contributed by atoms with van der Waals surface area (Å²) in [6.45, 7) is 0.912. The van der Waals surface area contributed by atoms with Crippen molar-refractivity contribution in [2.24, 2.45) is 0 Å². The number of rotatable bonds is 4. The molecule has 0 saturated heterocycles. The molecule has 0 saturated carbocycles. The van der Waals surface area contributed by atoms with Crippen LogP contribution in [0.3, 0.4) is 0 Å². The second-order valence-electron chi connectivity index (χ2n) is 1.88. The fraction of sp³-hybridized carbons (Fsp3) is 0.600. The van der Waals surface area contributed by atoms with Crippen molar-refractivity contribution in [3.63, 3.8) is 0 Å². The van der Waals surface area contributed by atoms with Crippen LogP contribution in [0.15, 0.2) is 0 Å². The van der Waals surface area contributed by atoms with Gasteiger partial charge in [0.25, 0.3) is 0 Å². The smallest absolute Gasteiger partial charge is 0.233 e. The van der Waals surface area contributed by atoms with Crippen molar-refractivity contribution in [3.05, 3.63) is 0 Å². The highest BCUT2D eigenvalue weighted by Crippen LogP contribution is 2.11. The molecule has 0 spiro atoms. The van der Waals surface area contributed by atoms with Crippen LogP contribution in [0.2, 0.25) is 0 Å². The van der Waals surface area contributed by atoms with Crippen LogP contribution in [0.4, 0.5) is 11.1 Å². The lowest BCUT2D eigenvalue weighted by molar-refractivity contribution is 1.20. The molecular formula is C5H10N4S2. The molecule has 4 nitrogen and oxygen atoms in total. The molecule has 0 aromatic carbocycles. The zero-order chi connectivity index (χ0) is 8.10. The highest BCUT2D eigenvalue weighted by atomic mass is 32.2. The van der Waals surface area contributed by atoms with E-state index in [0.29, 0.717) is 5.95 Å². The van der Waals surface area contributed by atoms with E-state index < -0.39 is 0 Å². The van der Waals surface area contributed by atoms with Crippen LogP contribution in [-0.4, -0.2) is 27.9 Å². The minimum Gasteiger partial charge on any atom is -0.367 e. The van der Waals surface area contributed by atoms with E-state index >= 15 is 0 Å². The number of thioether (sulfide) groups is 1. The average molecular weight is 190 g/mol. The molecule has 0 unspecified atom stereocenters. The van der Waals surface area contributed by atoms with Crippen LogP contribution in [0.5, 0.6) is 0 Å². The topological polar surface area (TPSA) is 63.8 Å². The first-order valence-corrected chi connectivity index (χ1v) is 5.31. The second-order valence-corrected chi connectivity index (χ2v) is 3.61. The van der Waals surface area contributed by atoms with Crippen LogP contribution >= 0.6 is 23.3 Å². The largest absolute Gasteiger partial charge is 0.367 e. The van der Waals surface area contributed by atoms with E-state index in [-0.39, 0.29) is 0 Å². The molecule has 0 atom stereocenters. The maximum atomic E-state index is 5.33. The van der Waals surface area contributed by atoms with Gasteiger partial charge in [0, 0.05) is 23.8 Å². The van der Waals surface area contributed by atoms with Gasteiger partial charge in [0.1, 0.15) is 0 Å². The number of nitrogens with one attached hydrogen (secondary N) is 1. The van der Waals surface area contributed by atoms with Crippen LogP contribution in [0.1, 0.15) is 0 Å². The summed E-state index contributed by atoms with van der Waals surface area (Å²) < 4.78 is 3.83. The summed E-state index contributed by atoms with van der Waals surface area (Å²) in [5.41, 5.74) is 5.33. The summed E-state index contributed by atoms with van der Waals surface area (Å²) in [6.07, 6.45) is 2.07. The summed E-state index contributed by atoms with van der Waals surface area (Å²) >= 11 is 3.08. The van der Waals surface area contributed by atoms with E-state index in [0.717, 1.165) is 17.4 Å². The Balaban J connectivity index is 2.27. The summed E-state index contributed by atoms with van der Waals surface area (Å²) in [6, 6.07) is 0. The van der Waals surface area contributed by atoms with Gasteiger partial charge in [0.15, 0.2) is 0 Å². The zero-order valence-electron chi connectivity index (χ0n) is 6.20. The molecule has 0 aliphatic rings. The molecule has 3 N–H and O–H groups in total. The summed E-state index contributed by atoms with van der Waals surface area (Å²) in [5.74, 6) is 1.42. The van der Waals surface area contributed by atoms with Gasteiger partial charge in [-0.3, -0.25) is 0 Å². The maximum absolute atomic E-state index is 5.33. The van der Waals surface area contributed by atoms with Gasteiger partial charge in [0.05, 0.1) is 0 Å². The molecule has 0 amide bonds. The highest BCUT2D eigenvalue weighted by Gasteiger charge is 1.97. The highest BCUT2D eigenvalue weighted by molar-refractivity contribution is 7.98. The van der Waals surface area contributed by atoms with Crippen molar-refractivity contribution >= 4 is 34.4 Å². The van der Waals surface area contributed by atoms with Gasteiger partial charge in [-0.2, -0.15) is 21.1 Å². The molecule has 6 heteroatoms. The molecule has 0 radical (unpaired) electrons. The van der Waals surface area contributed by atoms with Gasteiger partial charge >= 0.3 is 0 Å². The molecule has 62 valence electrons. The number of nitrogen functional groups attached to an aromatic ring is 1. The first-order chi connectivity index (χ1) is 5.33. The molecule has 0 aliphatic heterocycles.